The van der Waals surface area contributed by atoms with E-state index in [0.29, 0.717) is 35.7 Å². The maximum absolute atomic E-state index is 12.0. The molecule has 1 aliphatic heterocycles. The van der Waals surface area contributed by atoms with Crippen LogP contribution in [0.15, 0.2) is 12.1 Å². The highest BCUT2D eigenvalue weighted by Crippen LogP contribution is 2.52. The van der Waals surface area contributed by atoms with Crippen molar-refractivity contribution in [2.24, 2.45) is 0 Å². The minimum absolute atomic E-state index is 0.130. The second kappa shape index (κ2) is 4.89. The SMILES string of the molecule is COc1ccc2c(c1C1(C(=O)O)CCCCC1)OCO2. The molecule has 0 bridgehead atoms. The van der Waals surface area contributed by atoms with Crippen LogP contribution in [0.2, 0.25) is 0 Å². The molecule has 1 aliphatic carbocycles. The zero-order valence-electron chi connectivity index (χ0n) is 11.5. The molecule has 1 heterocycles. The van der Waals surface area contributed by atoms with Gasteiger partial charge in [-0.25, -0.2) is 0 Å². The Kier molecular flexibility index (Phi) is 3.20. The second-order valence-corrected chi connectivity index (χ2v) is 5.32. The summed E-state index contributed by atoms with van der Waals surface area (Å²) in [6.45, 7) is 0.130. The zero-order chi connectivity index (χ0) is 14.2. The van der Waals surface area contributed by atoms with E-state index in [1.54, 1.807) is 19.2 Å². The number of carboxylic acids is 1. The van der Waals surface area contributed by atoms with Crippen LogP contribution < -0.4 is 14.2 Å². The van der Waals surface area contributed by atoms with Gasteiger partial charge in [0, 0.05) is 0 Å². The van der Waals surface area contributed by atoms with Gasteiger partial charge in [0.1, 0.15) is 11.2 Å². The highest BCUT2D eigenvalue weighted by molar-refractivity contribution is 5.85. The number of ether oxygens (including phenoxy) is 3. The average molecular weight is 278 g/mol. The molecule has 2 aliphatic rings. The first kappa shape index (κ1) is 13.1. The van der Waals surface area contributed by atoms with Crippen LogP contribution in [0.1, 0.15) is 37.7 Å². The van der Waals surface area contributed by atoms with E-state index in [0.717, 1.165) is 19.3 Å². The van der Waals surface area contributed by atoms with E-state index in [4.69, 9.17) is 14.2 Å². The van der Waals surface area contributed by atoms with Gasteiger partial charge in [-0.05, 0) is 25.0 Å². The number of carboxylic acid groups (broad SMARTS) is 1. The van der Waals surface area contributed by atoms with Gasteiger partial charge in [0.25, 0.3) is 0 Å². The number of hydrogen-bond donors (Lipinski definition) is 1. The zero-order valence-corrected chi connectivity index (χ0v) is 11.5. The van der Waals surface area contributed by atoms with E-state index < -0.39 is 11.4 Å². The summed E-state index contributed by atoms with van der Waals surface area (Å²) in [6, 6.07) is 3.53. The van der Waals surface area contributed by atoms with Crippen molar-refractivity contribution in [3.8, 4) is 17.2 Å². The number of carbonyl (C=O) groups is 1. The van der Waals surface area contributed by atoms with Gasteiger partial charge in [-0.15, -0.1) is 0 Å². The lowest BCUT2D eigenvalue weighted by molar-refractivity contribution is -0.145. The fourth-order valence-corrected chi connectivity index (χ4v) is 3.30. The Morgan fingerprint density at radius 2 is 2.00 bits per heavy atom. The molecule has 5 heteroatoms. The third-order valence-corrected chi connectivity index (χ3v) is 4.32. The topological polar surface area (TPSA) is 65.0 Å². The van der Waals surface area contributed by atoms with Gasteiger partial charge in [-0.1, -0.05) is 19.3 Å². The largest absolute Gasteiger partial charge is 0.496 e. The van der Waals surface area contributed by atoms with Crippen LogP contribution >= 0.6 is 0 Å². The Morgan fingerprint density at radius 3 is 2.65 bits per heavy atom. The van der Waals surface area contributed by atoms with E-state index in [2.05, 4.69) is 0 Å². The number of fused-ring (bicyclic) bond motifs is 1. The summed E-state index contributed by atoms with van der Waals surface area (Å²) in [5.41, 5.74) is -0.287. The summed E-state index contributed by atoms with van der Waals surface area (Å²) in [4.78, 5) is 12.0. The van der Waals surface area contributed by atoms with E-state index in [-0.39, 0.29) is 6.79 Å². The molecule has 0 spiro atoms. The normalized spacial score (nSPS) is 19.6. The van der Waals surface area contributed by atoms with Crippen LogP contribution in [-0.4, -0.2) is 25.0 Å². The van der Waals surface area contributed by atoms with Gasteiger partial charge in [0.15, 0.2) is 11.5 Å². The Balaban J connectivity index is 2.20. The van der Waals surface area contributed by atoms with Gasteiger partial charge >= 0.3 is 5.97 Å². The van der Waals surface area contributed by atoms with Crippen molar-refractivity contribution >= 4 is 5.97 Å². The maximum Gasteiger partial charge on any atom is 0.314 e. The Morgan fingerprint density at radius 1 is 1.25 bits per heavy atom. The third kappa shape index (κ3) is 1.80. The van der Waals surface area contributed by atoms with E-state index in [1.807, 2.05) is 0 Å². The number of rotatable bonds is 3. The lowest BCUT2D eigenvalue weighted by Crippen LogP contribution is -2.38. The summed E-state index contributed by atoms with van der Waals surface area (Å²) in [5.74, 6) is 0.901. The molecule has 1 N–H and O–H groups in total. The van der Waals surface area contributed by atoms with Crippen LogP contribution in [0, 0.1) is 0 Å². The van der Waals surface area contributed by atoms with Crippen LogP contribution in [-0.2, 0) is 10.2 Å². The molecular formula is C15H18O5. The van der Waals surface area contributed by atoms with Gasteiger partial charge in [-0.2, -0.15) is 0 Å². The minimum atomic E-state index is -0.928. The number of hydrogen-bond acceptors (Lipinski definition) is 4. The summed E-state index contributed by atoms with van der Waals surface area (Å²) in [5, 5.41) is 9.84. The summed E-state index contributed by atoms with van der Waals surface area (Å²) in [7, 11) is 1.55. The molecule has 0 atom stereocenters. The molecule has 1 aromatic rings. The van der Waals surface area contributed by atoms with Crippen molar-refractivity contribution in [2.75, 3.05) is 13.9 Å². The van der Waals surface area contributed by atoms with Crippen molar-refractivity contribution in [2.45, 2.75) is 37.5 Å². The number of aliphatic carboxylic acids is 1. The molecule has 0 saturated heterocycles. The smallest absolute Gasteiger partial charge is 0.314 e. The molecular weight excluding hydrogens is 260 g/mol. The fourth-order valence-electron chi connectivity index (χ4n) is 3.30. The summed E-state index contributed by atoms with van der Waals surface area (Å²) < 4.78 is 16.3. The Hall–Kier alpha value is -1.91. The second-order valence-electron chi connectivity index (χ2n) is 5.32. The Labute approximate surface area is 117 Å². The summed E-state index contributed by atoms with van der Waals surface area (Å²) in [6.07, 6.45) is 4.10. The fraction of sp³-hybridized carbons (Fsp3) is 0.533. The standard InChI is InChI=1S/C15H18O5/c1-18-10-5-6-11-13(20-9-19-11)12(10)15(14(16)17)7-3-2-4-8-15/h5-6H,2-4,7-9H2,1H3,(H,16,17). The van der Waals surface area contributed by atoms with Crippen molar-refractivity contribution in [3.63, 3.8) is 0 Å². The lowest BCUT2D eigenvalue weighted by Gasteiger charge is -2.35. The quantitative estimate of drug-likeness (QED) is 0.921. The minimum Gasteiger partial charge on any atom is -0.496 e. The molecule has 1 fully saturated rings. The van der Waals surface area contributed by atoms with E-state index in [1.165, 1.54) is 0 Å². The highest BCUT2D eigenvalue weighted by Gasteiger charge is 2.47. The van der Waals surface area contributed by atoms with Crippen LogP contribution in [0.4, 0.5) is 0 Å². The highest BCUT2D eigenvalue weighted by atomic mass is 16.7. The first-order valence-corrected chi connectivity index (χ1v) is 6.89. The predicted molar refractivity (Wildman–Crippen MR) is 71.5 cm³/mol. The molecule has 20 heavy (non-hydrogen) atoms. The maximum atomic E-state index is 12.0. The van der Waals surface area contributed by atoms with Crippen LogP contribution in [0.25, 0.3) is 0 Å². The van der Waals surface area contributed by atoms with Crippen molar-refractivity contribution in [3.05, 3.63) is 17.7 Å². The van der Waals surface area contributed by atoms with Gasteiger partial charge in [-0.3, -0.25) is 4.79 Å². The van der Waals surface area contributed by atoms with E-state index in [9.17, 15) is 9.90 Å². The molecule has 0 aromatic heterocycles. The molecule has 5 nitrogen and oxygen atoms in total. The molecule has 3 rings (SSSR count). The summed E-state index contributed by atoms with van der Waals surface area (Å²) >= 11 is 0. The van der Waals surface area contributed by atoms with Crippen LogP contribution in [0.5, 0.6) is 17.2 Å². The van der Waals surface area contributed by atoms with E-state index >= 15 is 0 Å². The number of methoxy groups -OCH3 is 1. The monoisotopic (exact) mass is 278 g/mol. The molecule has 0 unspecified atom stereocenters. The van der Waals surface area contributed by atoms with Gasteiger partial charge in [0.05, 0.1) is 12.7 Å². The molecule has 108 valence electrons. The average Bonchev–Trinajstić information content (AvgIpc) is 2.94. The van der Waals surface area contributed by atoms with Crippen molar-refractivity contribution in [1.29, 1.82) is 0 Å². The van der Waals surface area contributed by atoms with Gasteiger partial charge < -0.3 is 19.3 Å². The first-order chi connectivity index (χ1) is 9.69. The van der Waals surface area contributed by atoms with Crippen LogP contribution in [0.3, 0.4) is 0 Å². The lowest BCUT2D eigenvalue weighted by atomic mass is 9.68. The van der Waals surface area contributed by atoms with Crippen molar-refractivity contribution < 1.29 is 24.1 Å². The van der Waals surface area contributed by atoms with Gasteiger partial charge in [0.2, 0.25) is 6.79 Å². The first-order valence-electron chi connectivity index (χ1n) is 6.89. The Bertz CT molecular complexity index is 531. The molecule has 0 amide bonds. The van der Waals surface area contributed by atoms with Crippen molar-refractivity contribution in [1.82, 2.24) is 0 Å². The molecule has 1 aromatic carbocycles. The number of benzene rings is 1. The predicted octanol–water partition coefficient (Wildman–Crippen LogP) is 2.71. The molecule has 0 radical (unpaired) electrons. The third-order valence-electron chi connectivity index (χ3n) is 4.32. The molecule has 1 saturated carbocycles.